The summed E-state index contributed by atoms with van der Waals surface area (Å²) in [6, 6.07) is 9.12. The van der Waals surface area contributed by atoms with E-state index in [-0.39, 0.29) is 12.0 Å². The Labute approximate surface area is 161 Å². The van der Waals surface area contributed by atoms with Gasteiger partial charge in [0.1, 0.15) is 5.82 Å². The van der Waals surface area contributed by atoms with Crippen LogP contribution in [0.4, 0.5) is 5.82 Å². The van der Waals surface area contributed by atoms with E-state index in [1.165, 1.54) is 0 Å². The minimum Gasteiger partial charge on any atom is -0.393 e. The lowest BCUT2D eigenvalue weighted by Gasteiger charge is -2.34. The second-order valence-electron chi connectivity index (χ2n) is 6.73. The first-order valence-corrected chi connectivity index (χ1v) is 9.39. The first kappa shape index (κ1) is 17.5. The molecule has 0 amide bonds. The fourth-order valence-corrected chi connectivity index (χ4v) is 3.95. The zero-order chi connectivity index (χ0) is 18.3. The summed E-state index contributed by atoms with van der Waals surface area (Å²) in [7, 11) is 0. The van der Waals surface area contributed by atoms with Gasteiger partial charge < -0.3 is 10.0 Å². The summed E-state index contributed by atoms with van der Waals surface area (Å²) in [4.78, 5) is 2.20. The molecule has 4 rings (SSSR count). The summed E-state index contributed by atoms with van der Waals surface area (Å²) < 4.78 is 1.71. The van der Waals surface area contributed by atoms with E-state index in [9.17, 15) is 5.11 Å². The highest BCUT2D eigenvalue weighted by Crippen LogP contribution is 2.28. The second kappa shape index (κ2) is 7.02. The lowest BCUT2D eigenvalue weighted by molar-refractivity contribution is 0.115. The monoisotopic (exact) mass is 391 g/mol. The summed E-state index contributed by atoms with van der Waals surface area (Å²) in [5, 5.41) is 24.2. The Balaban J connectivity index is 1.73. The number of hydrogen-bond donors (Lipinski definition) is 1. The first-order chi connectivity index (χ1) is 12.5. The molecule has 0 bridgehead atoms. The molecule has 1 N–H and O–H groups in total. The summed E-state index contributed by atoms with van der Waals surface area (Å²) >= 11 is 12.2. The first-order valence-electron chi connectivity index (χ1n) is 8.63. The Morgan fingerprint density at radius 3 is 2.65 bits per heavy atom. The molecular formula is C18H19Cl2N5O. The molecule has 0 radical (unpaired) electrons. The maximum atomic E-state index is 9.93. The van der Waals surface area contributed by atoms with Crippen molar-refractivity contribution >= 4 is 34.7 Å². The van der Waals surface area contributed by atoms with Gasteiger partial charge in [-0.3, -0.25) is 0 Å². The van der Waals surface area contributed by atoms with Crippen LogP contribution in [-0.4, -0.2) is 44.1 Å². The number of piperidine rings is 1. The van der Waals surface area contributed by atoms with Crippen molar-refractivity contribution in [3.63, 3.8) is 0 Å². The van der Waals surface area contributed by atoms with Crippen molar-refractivity contribution in [1.82, 2.24) is 19.8 Å². The van der Waals surface area contributed by atoms with Gasteiger partial charge in [-0.2, -0.15) is 4.52 Å². The topological polar surface area (TPSA) is 66.5 Å². The Morgan fingerprint density at radius 1 is 1.15 bits per heavy atom. The molecule has 6 nitrogen and oxygen atoms in total. The standard InChI is InChI=1S/C18H19Cl2N5O/c1-11(26)12-3-2-6-24(10-12)17-5-4-16-21-22-18(25(16)23-17)13-7-14(19)9-15(20)8-13/h4-5,7-9,11-12,26H,2-3,6,10H2,1H3. The average molecular weight is 392 g/mol. The quantitative estimate of drug-likeness (QED) is 0.737. The zero-order valence-electron chi connectivity index (χ0n) is 14.3. The number of anilines is 1. The van der Waals surface area contributed by atoms with Crippen molar-refractivity contribution in [2.45, 2.75) is 25.9 Å². The maximum Gasteiger partial charge on any atom is 0.185 e. The molecule has 3 heterocycles. The van der Waals surface area contributed by atoms with E-state index in [0.29, 0.717) is 21.5 Å². The van der Waals surface area contributed by atoms with E-state index in [4.69, 9.17) is 28.3 Å². The molecule has 2 unspecified atom stereocenters. The molecule has 2 atom stereocenters. The van der Waals surface area contributed by atoms with Crippen LogP contribution in [0.15, 0.2) is 30.3 Å². The van der Waals surface area contributed by atoms with Crippen LogP contribution in [0.25, 0.3) is 17.0 Å². The van der Waals surface area contributed by atoms with Crippen LogP contribution in [0.1, 0.15) is 19.8 Å². The Morgan fingerprint density at radius 2 is 1.92 bits per heavy atom. The summed E-state index contributed by atoms with van der Waals surface area (Å²) in [5.41, 5.74) is 1.42. The number of rotatable bonds is 3. The Kier molecular flexibility index (Phi) is 4.73. The van der Waals surface area contributed by atoms with E-state index in [1.54, 1.807) is 22.7 Å². The van der Waals surface area contributed by atoms with Gasteiger partial charge >= 0.3 is 0 Å². The number of benzene rings is 1. The molecule has 0 saturated carbocycles. The molecule has 0 aliphatic carbocycles. The number of nitrogens with zero attached hydrogens (tertiary/aromatic N) is 5. The van der Waals surface area contributed by atoms with Crippen molar-refractivity contribution in [1.29, 1.82) is 0 Å². The van der Waals surface area contributed by atoms with E-state index in [2.05, 4.69) is 15.1 Å². The average Bonchev–Trinajstić information content (AvgIpc) is 3.04. The van der Waals surface area contributed by atoms with E-state index in [1.807, 2.05) is 19.1 Å². The molecule has 136 valence electrons. The molecule has 8 heteroatoms. The van der Waals surface area contributed by atoms with E-state index in [0.717, 1.165) is 37.3 Å². The summed E-state index contributed by atoms with van der Waals surface area (Å²) in [6.45, 7) is 3.56. The van der Waals surface area contributed by atoms with Crippen LogP contribution in [-0.2, 0) is 0 Å². The van der Waals surface area contributed by atoms with Crippen LogP contribution < -0.4 is 4.90 Å². The van der Waals surface area contributed by atoms with Gasteiger partial charge in [0.25, 0.3) is 0 Å². The third kappa shape index (κ3) is 3.37. The highest BCUT2D eigenvalue weighted by molar-refractivity contribution is 6.35. The minimum atomic E-state index is -0.319. The number of aromatic nitrogens is 4. The molecule has 1 saturated heterocycles. The minimum absolute atomic E-state index is 0.258. The van der Waals surface area contributed by atoms with Crippen molar-refractivity contribution in [3.05, 3.63) is 40.4 Å². The van der Waals surface area contributed by atoms with Gasteiger partial charge in [-0.15, -0.1) is 15.3 Å². The fourth-order valence-electron chi connectivity index (χ4n) is 3.42. The molecule has 3 aromatic rings. The highest BCUT2D eigenvalue weighted by atomic mass is 35.5. The number of aliphatic hydroxyl groups is 1. The van der Waals surface area contributed by atoms with Gasteiger partial charge in [-0.1, -0.05) is 23.2 Å². The third-order valence-corrected chi connectivity index (χ3v) is 5.27. The number of hydrogen-bond acceptors (Lipinski definition) is 5. The molecule has 26 heavy (non-hydrogen) atoms. The van der Waals surface area contributed by atoms with Crippen LogP contribution in [0.5, 0.6) is 0 Å². The normalized spacial score (nSPS) is 19.1. The van der Waals surface area contributed by atoms with Crippen molar-refractivity contribution < 1.29 is 5.11 Å². The largest absolute Gasteiger partial charge is 0.393 e. The van der Waals surface area contributed by atoms with Gasteiger partial charge in [-0.25, -0.2) is 0 Å². The lowest BCUT2D eigenvalue weighted by Crippen LogP contribution is -2.40. The molecule has 2 aromatic heterocycles. The van der Waals surface area contributed by atoms with Crippen LogP contribution in [0, 0.1) is 5.92 Å². The summed E-state index contributed by atoms with van der Waals surface area (Å²) in [5.74, 6) is 1.70. The second-order valence-corrected chi connectivity index (χ2v) is 7.61. The molecular weight excluding hydrogens is 373 g/mol. The van der Waals surface area contributed by atoms with Crippen LogP contribution in [0.2, 0.25) is 10.0 Å². The Bertz CT molecular complexity index is 922. The zero-order valence-corrected chi connectivity index (χ0v) is 15.8. The maximum absolute atomic E-state index is 9.93. The fraction of sp³-hybridized carbons (Fsp3) is 0.389. The van der Waals surface area contributed by atoms with Crippen LogP contribution in [0.3, 0.4) is 0 Å². The number of fused-ring (bicyclic) bond motifs is 1. The lowest BCUT2D eigenvalue weighted by atomic mass is 9.93. The SMILES string of the molecule is CC(O)C1CCCN(c2ccc3nnc(-c4cc(Cl)cc(Cl)c4)n3n2)C1. The number of aliphatic hydroxyl groups excluding tert-OH is 1. The molecule has 1 aromatic carbocycles. The van der Waals surface area contributed by atoms with Gasteiger partial charge in [0.2, 0.25) is 0 Å². The van der Waals surface area contributed by atoms with Crippen molar-refractivity contribution in [3.8, 4) is 11.4 Å². The van der Waals surface area contributed by atoms with Crippen LogP contribution >= 0.6 is 23.2 Å². The smallest absolute Gasteiger partial charge is 0.185 e. The third-order valence-electron chi connectivity index (χ3n) is 4.83. The van der Waals surface area contributed by atoms with E-state index < -0.39 is 0 Å². The van der Waals surface area contributed by atoms with Gasteiger partial charge in [-0.05, 0) is 50.1 Å². The number of halogens is 2. The predicted octanol–water partition coefficient (Wildman–Crippen LogP) is 3.70. The molecule has 0 spiro atoms. The van der Waals surface area contributed by atoms with E-state index >= 15 is 0 Å². The molecule has 1 fully saturated rings. The molecule has 1 aliphatic rings. The molecule has 1 aliphatic heterocycles. The van der Waals surface area contributed by atoms with Gasteiger partial charge in [0, 0.05) is 34.6 Å². The highest BCUT2D eigenvalue weighted by Gasteiger charge is 2.25. The Hall–Kier alpha value is -1.89. The predicted molar refractivity (Wildman–Crippen MR) is 103 cm³/mol. The van der Waals surface area contributed by atoms with Crippen molar-refractivity contribution in [2.75, 3.05) is 18.0 Å². The van der Waals surface area contributed by atoms with Crippen molar-refractivity contribution in [2.24, 2.45) is 5.92 Å². The van der Waals surface area contributed by atoms with Gasteiger partial charge in [0.15, 0.2) is 11.5 Å². The summed E-state index contributed by atoms with van der Waals surface area (Å²) in [6.07, 6.45) is 1.75. The van der Waals surface area contributed by atoms with Gasteiger partial charge in [0.05, 0.1) is 6.10 Å².